The third-order valence-electron chi connectivity index (χ3n) is 5.04. The van der Waals surface area contributed by atoms with Crippen LogP contribution >= 0.6 is 24.0 Å². The van der Waals surface area contributed by atoms with Crippen LogP contribution in [0.3, 0.4) is 0 Å². The van der Waals surface area contributed by atoms with Crippen LogP contribution in [-0.2, 0) is 13.6 Å². The van der Waals surface area contributed by atoms with Gasteiger partial charge in [0.25, 0.3) is 0 Å². The smallest absolute Gasteiger partial charge is 0.191 e. The van der Waals surface area contributed by atoms with E-state index in [9.17, 15) is 0 Å². The second-order valence-corrected chi connectivity index (χ2v) is 6.90. The first-order chi connectivity index (χ1) is 11.0. The van der Waals surface area contributed by atoms with Gasteiger partial charge in [-0.25, -0.2) is 4.98 Å². The highest BCUT2D eigenvalue weighted by Crippen LogP contribution is 2.35. The van der Waals surface area contributed by atoms with Gasteiger partial charge in [-0.3, -0.25) is 9.67 Å². The lowest BCUT2D eigenvalue weighted by atomic mass is 9.75. The van der Waals surface area contributed by atoms with Gasteiger partial charge < -0.3 is 15.5 Å². The third kappa shape index (κ3) is 5.30. The van der Waals surface area contributed by atoms with Gasteiger partial charge >= 0.3 is 0 Å². The van der Waals surface area contributed by atoms with Gasteiger partial charge in [-0.2, -0.15) is 5.10 Å². The van der Waals surface area contributed by atoms with E-state index in [0.29, 0.717) is 6.54 Å². The van der Waals surface area contributed by atoms with Crippen LogP contribution in [0.2, 0.25) is 0 Å². The number of likely N-dealkylation sites (N-methyl/N-ethyl adjacent to an activating group) is 1. The fourth-order valence-electron chi connectivity index (χ4n) is 3.47. The van der Waals surface area contributed by atoms with Gasteiger partial charge in [0.15, 0.2) is 5.96 Å². The summed E-state index contributed by atoms with van der Waals surface area (Å²) in [6.45, 7) is 3.88. The Kier molecular flexibility index (Phi) is 8.41. The number of halogens is 1. The van der Waals surface area contributed by atoms with Crippen molar-refractivity contribution in [2.75, 3.05) is 27.7 Å². The standard InChI is InChI=1S/C16H31N7.HI/c1-13-7-6-8-16(9-13,22(3)4)11-19-15(17-2)18-10-14-20-12-21-23(14)5;/h12-13H,6-11H2,1-5H3,(H2,17,18,19);1H. The molecule has 1 aromatic heterocycles. The minimum absolute atomic E-state index is 0. The largest absolute Gasteiger partial charge is 0.355 e. The van der Waals surface area contributed by atoms with Gasteiger partial charge in [-0.15, -0.1) is 24.0 Å². The summed E-state index contributed by atoms with van der Waals surface area (Å²) >= 11 is 0. The molecule has 0 bridgehead atoms. The molecule has 2 N–H and O–H groups in total. The van der Waals surface area contributed by atoms with Gasteiger partial charge in [-0.05, 0) is 32.9 Å². The Morgan fingerprint density at radius 2 is 2.21 bits per heavy atom. The lowest BCUT2D eigenvalue weighted by Gasteiger charge is -2.45. The molecule has 138 valence electrons. The summed E-state index contributed by atoms with van der Waals surface area (Å²) < 4.78 is 1.77. The van der Waals surface area contributed by atoms with E-state index in [2.05, 4.69) is 51.6 Å². The van der Waals surface area contributed by atoms with E-state index in [-0.39, 0.29) is 29.5 Å². The van der Waals surface area contributed by atoms with Crippen LogP contribution in [0, 0.1) is 5.92 Å². The molecular formula is C16H32IN7. The van der Waals surface area contributed by atoms with Gasteiger partial charge in [0.05, 0.1) is 6.54 Å². The van der Waals surface area contributed by atoms with Crippen molar-refractivity contribution in [1.82, 2.24) is 30.3 Å². The number of hydrogen-bond acceptors (Lipinski definition) is 4. The molecule has 2 atom stereocenters. The maximum Gasteiger partial charge on any atom is 0.191 e. The van der Waals surface area contributed by atoms with Crippen molar-refractivity contribution in [2.45, 2.75) is 44.7 Å². The third-order valence-corrected chi connectivity index (χ3v) is 5.04. The van der Waals surface area contributed by atoms with Crippen LogP contribution in [0.25, 0.3) is 0 Å². The molecule has 8 heteroatoms. The molecule has 0 aromatic carbocycles. The zero-order chi connectivity index (χ0) is 16.9. The van der Waals surface area contributed by atoms with E-state index in [1.807, 2.05) is 7.05 Å². The van der Waals surface area contributed by atoms with Gasteiger partial charge in [-0.1, -0.05) is 19.8 Å². The summed E-state index contributed by atoms with van der Waals surface area (Å²) in [5, 5.41) is 10.9. The summed E-state index contributed by atoms with van der Waals surface area (Å²) in [6.07, 6.45) is 6.67. The molecule has 0 spiro atoms. The van der Waals surface area contributed by atoms with Crippen molar-refractivity contribution in [3.63, 3.8) is 0 Å². The molecule has 2 rings (SSSR count). The van der Waals surface area contributed by atoms with Gasteiger partial charge in [0.2, 0.25) is 0 Å². The number of rotatable bonds is 5. The second-order valence-electron chi connectivity index (χ2n) is 6.90. The fourth-order valence-corrected chi connectivity index (χ4v) is 3.47. The molecule has 24 heavy (non-hydrogen) atoms. The molecule has 7 nitrogen and oxygen atoms in total. The zero-order valence-electron chi connectivity index (χ0n) is 15.5. The minimum atomic E-state index is 0. The van der Waals surface area contributed by atoms with Crippen molar-refractivity contribution in [3.8, 4) is 0 Å². The molecule has 1 aliphatic rings. The van der Waals surface area contributed by atoms with E-state index in [0.717, 1.165) is 24.2 Å². The quantitative estimate of drug-likeness (QED) is 0.406. The summed E-state index contributed by atoms with van der Waals surface area (Å²) in [6, 6.07) is 0. The van der Waals surface area contributed by atoms with Crippen molar-refractivity contribution in [3.05, 3.63) is 12.2 Å². The molecule has 0 radical (unpaired) electrons. The predicted molar refractivity (Wildman–Crippen MR) is 109 cm³/mol. The zero-order valence-corrected chi connectivity index (χ0v) is 17.9. The second kappa shape index (κ2) is 9.55. The monoisotopic (exact) mass is 449 g/mol. The summed E-state index contributed by atoms with van der Waals surface area (Å²) in [5.41, 5.74) is 0.208. The minimum Gasteiger partial charge on any atom is -0.355 e. The summed E-state index contributed by atoms with van der Waals surface area (Å²) in [5.74, 6) is 2.48. The molecule has 1 aromatic rings. The Morgan fingerprint density at radius 1 is 1.46 bits per heavy atom. The lowest BCUT2D eigenvalue weighted by Crippen LogP contribution is -2.56. The molecule has 1 saturated carbocycles. The Morgan fingerprint density at radius 3 is 2.75 bits per heavy atom. The highest BCUT2D eigenvalue weighted by molar-refractivity contribution is 14.0. The van der Waals surface area contributed by atoms with Crippen molar-refractivity contribution >= 4 is 29.9 Å². The number of nitrogens with zero attached hydrogens (tertiary/aromatic N) is 5. The maximum atomic E-state index is 4.33. The van der Waals surface area contributed by atoms with E-state index in [1.54, 1.807) is 18.1 Å². The Hall–Kier alpha value is -0.900. The number of aliphatic imine (C=N–C) groups is 1. The first-order valence-corrected chi connectivity index (χ1v) is 8.41. The molecule has 0 saturated heterocycles. The number of hydrogen-bond donors (Lipinski definition) is 2. The van der Waals surface area contributed by atoms with Crippen molar-refractivity contribution in [2.24, 2.45) is 18.0 Å². The molecule has 1 fully saturated rings. The first kappa shape index (κ1) is 21.1. The number of aryl methyl sites for hydroxylation is 1. The van der Waals surface area contributed by atoms with E-state index >= 15 is 0 Å². The van der Waals surface area contributed by atoms with Crippen molar-refractivity contribution in [1.29, 1.82) is 0 Å². The first-order valence-electron chi connectivity index (χ1n) is 8.41. The Balaban J connectivity index is 0.00000288. The normalized spacial score (nSPS) is 24.6. The highest BCUT2D eigenvalue weighted by Gasteiger charge is 2.36. The van der Waals surface area contributed by atoms with Crippen LogP contribution in [0.5, 0.6) is 0 Å². The van der Waals surface area contributed by atoms with E-state index < -0.39 is 0 Å². The molecule has 0 amide bonds. The van der Waals surface area contributed by atoms with Crippen LogP contribution < -0.4 is 10.6 Å². The van der Waals surface area contributed by atoms with E-state index in [4.69, 9.17) is 0 Å². The molecule has 1 heterocycles. The average Bonchev–Trinajstić information content (AvgIpc) is 2.92. The molecule has 2 unspecified atom stereocenters. The fraction of sp³-hybridized carbons (Fsp3) is 0.812. The molecule has 0 aliphatic heterocycles. The van der Waals surface area contributed by atoms with Crippen LogP contribution in [0.1, 0.15) is 38.4 Å². The molecular weight excluding hydrogens is 417 g/mol. The van der Waals surface area contributed by atoms with Crippen molar-refractivity contribution < 1.29 is 0 Å². The van der Waals surface area contributed by atoms with E-state index in [1.165, 1.54) is 25.7 Å². The van der Waals surface area contributed by atoms with Crippen LogP contribution in [0.4, 0.5) is 0 Å². The van der Waals surface area contributed by atoms with Gasteiger partial charge in [0.1, 0.15) is 12.2 Å². The highest BCUT2D eigenvalue weighted by atomic mass is 127. The predicted octanol–water partition coefficient (Wildman–Crippen LogP) is 1.61. The van der Waals surface area contributed by atoms with Crippen LogP contribution in [0.15, 0.2) is 11.3 Å². The number of aromatic nitrogens is 3. The Labute approximate surface area is 162 Å². The number of guanidine groups is 1. The lowest BCUT2D eigenvalue weighted by molar-refractivity contribution is 0.0795. The topological polar surface area (TPSA) is 70.4 Å². The maximum absolute atomic E-state index is 4.33. The summed E-state index contributed by atoms with van der Waals surface area (Å²) in [4.78, 5) is 10.9. The summed E-state index contributed by atoms with van der Waals surface area (Å²) in [7, 11) is 8.08. The Bertz CT molecular complexity index is 528. The van der Waals surface area contributed by atoms with Gasteiger partial charge in [0, 0.05) is 26.2 Å². The SMILES string of the molecule is CN=C(NCc1ncnn1C)NCC1(N(C)C)CCCC(C)C1.I. The van der Waals surface area contributed by atoms with Crippen LogP contribution in [-0.4, -0.2) is 58.9 Å². The number of nitrogens with one attached hydrogen (secondary N) is 2. The average molecular weight is 449 g/mol. The molecule has 1 aliphatic carbocycles.